The molecule has 154 valence electrons. The average molecular weight is 418 g/mol. The molecule has 2 aromatic rings. The maximum absolute atomic E-state index is 12.2. The summed E-state index contributed by atoms with van der Waals surface area (Å²) in [6.07, 6.45) is 3.10. The van der Waals surface area contributed by atoms with Gasteiger partial charge in [-0.1, -0.05) is 0 Å². The standard InChI is InChI=1S/C18H22N6O4S/c25-14(19-8-9-24-16(27)2-1-7-21-24)6-4-13-11-29-18(22-13)23-17(28)12-3-5-15(26)20-10-12/h1-2,7,11-12H,3-6,8-10H2,(H,19,25)(H,20,26)(H,22,23,28). The van der Waals surface area contributed by atoms with E-state index in [9.17, 15) is 19.2 Å². The third-order valence-electron chi connectivity index (χ3n) is 4.46. The van der Waals surface area contributed by atoms with Crippen molar-refractivity contribution in [2.24, 2.45) is 5.92 Å². The van der Waals surface area contributed by atoms with Gasteiger partial charge in [-0.2, -0.15) is 5.10 Å². The van der Waals surface area contributed by atoms with Gasteiger partial charge in [0, 0.05) is 43.6 Å². The SMILES string of the molecule is O=C(CCc1csc(NC(=O)C2CCC(=O)NC2)n1)NCCn1ncccc1=O. The second kappa shape index (κ2) is 9.92. The van der Waals surface area contributed by atoms with E-state index in [4.69, 9.17) is 0 Å². The fraction of sp³-hybridized carbons (Fsp3) is 0.444. The van der Waals surface area contributed by atoms with Crippen LogP contribution in [0.5, 0.6) is 0 Å². The van der Waals surface area contributed by atoms with E-state index in [1.54, 1.807) is 11.4 Å². The molecular formula is C18H22N6O4S. The Morgan fingerprint density at radius 3 is 2.97 bits per heavy atom. The highest BCUT2D eigenvalue weighted by atomic mass is 32.1. The first-order valence-corrected chi connectivity index (χ1v) is 10.2. The van der Waals surface area contributed by atoms with Crippen LogP contribution in [0, 0.1) is 5.92 Å². The zero-order valence-electron chi connectivity index (χ0n) is 15.7. The normalized spacial score (nSPS) is 16.1. The molecule has 3 amide bonds. The monoisotopic (exact) mass is 418 g/mol. The van der Waals surface area contributed by atoms with Gasteiger partial charge in [-0.05, 0) is 18.9 Å². The molecule has 1 aliphatic rings. The van der Waals surface area contributed by atoms with Crippen molar-refractivity contribution in [2.75, 3.05) is 18.4 Å². The predicted octanol–water partition coefficient (Wildman–Crippen LogP) is -0.0865. The highest BCUT2D eigenvalue weighted by Crippen LogP contribution is 2.19. The number of hydrogen-bond donors (Lipinski definition) is 3. The van der Waals surface area contributed by atoms with Crippen molar-refractivity contribution in [3.63, 3.8) is 0 Å². The van der Waals surface area contributed by atoms with Gasteiger partial charge < -0.3 is 16.0 Å². The Bertz CT molecular complexity index is 930. The van der Waals surface area contributed by atoms with Crippen LogP contribution in [0.25, 0.3) is 0 Å². The molecule has 3 rings (SSSR count). The van der Waals surface area contributed by atoms with E-state index < -0.39 is 0 Å². The largest absolute Gasteiger partial charge is 0.355 e. The Balaban J connectivity index is 1.38. The summed E-state index contributed by atoms with van der Waals surface area (Å²) in [6.45, 7) is 0.958. The van der Waals surface area contributed by atoms with Gasteiger partial charge in [0.15, 0.2) is 5.13 Å². The summed E-state index contributed by atoms with van der Waals surface area (Å²) in [4.78, 5) is 51.2. The summed E-state index contributed by atoms with van der Waals surface area (Å²) in [5, 5.41) is 14.4. The molecule has 1 atom stereocenters. The molecule has 3 N–H and O–H groups in total. The lowest BCUT2D eigenvalue weighted by Gasteiger charge is -2.20. The average Bonchev–Trinajstić information content (AvgIpc) is 3.15. The van der Waals surface area contributed by atoms with E-state index in [0.717, 1.165) is 5.69 Å². The lowest BCUT2D eigenvalue weighted by Crippen LogP contribution is -2.40. The maximum Gasteiger partial charge on any atom is 0.266 e. The molecule has 0 spiro atoms. The first-order valence-electron chi connectivity index (χ1n) is 9.32. The highest BCUT2D eigenvalue weighted by molar-refractivity contribution is 7.13. The van der Waals surface area contributed by atoms with Crippen LogP contribution in [-0.4, -0.2) is 45.6 Å². The topological polar surface area (TPSA) is 135 Å². The predicted molar refractivity (Wildman–Crippen MR) is 106 cm³/mol. The minimum Gasteiger partial charge on any atom is -0.355 e. The Morgan fingerprint density at radius 1 is 1.34 bits per heavy atom. The smallest absolute Gasteiger partial charge is 0.266 e. The summed E-state index contributed by atoms with van der Waals surface area (Å²) in [6, 6.07) is 2.98. The van der Waals surface area contributed by atoms with E-state index in [1.165, 1.54) is 28.3 Å². The minimum atomic E-state index is -0.252. The number of aryl methyl sites for hydroxylation is 1. The molecule has 1 saturated heterocycles. The first-order chi connectivity index (χ1) is 14.0. The van der Waals surface area contributed by atoms with Gasteiger partial charge in [0.2, 0.25) is 17.7 Å². The van der Waals surface area contributed by atoms with Crippen LogP contribution in [0.4, 0.5) is 5.13 Å². The van der Waals surface area contributed by atoms with Gasteiger partial charge in [-0.3, -0.25) is 19.2 Å². The Hall–Kier alpha value is -3.08. The molecule has 11 heteroatoms. The van der Waals surface area contributed by atoms with Gasteiger partial charge in [-0.25, -0.2) is 9.67 Å². The number of anilines is 1. The van der Waals surface area contributed by atoms with Crippen LogP contribution in [0.3, 0.4) is 0 Å². The zero-order chi connectivity index (χ0) is 20.6. The number of carbonyl (C=O) groups is 3. The molecule has 0 aromatic carbocycles. The van der Waals surface area contributed by atoms with Crippen molar-refractivity contribution < 1.29 is 14.4 Å². The molecular weight excluding hydrogens is 396 g/mol. The molecule has 0 aliphatic carbocycles. The van der Waals surface area contributed by atoms with Crippen LogP contribution in [0.2, 0.25) is 0 Å². The number of rotatable bonds is 8. The molecule has 10 nitrogen and oxygen atoms in total. The van der Waals surface area contributed by atoms with Crippen molar-refractivity contribution in [1.29, 1.82) is 0 Å². The second-order valence-electron chi connectivity index (χ2n) is 6.61. The fourth-order valence-corrected chi connectivity index (χ4v) is 3.58. The number of nitrogens with one attached hydrogen (secondary N) is 3. The Labute approximate surface area is 170 Å². The molecule has 3 heterocycles. The summed E-state index contributed by atoms with van der Waals surface area (Å²) in [7, 11) is 0. The van der Waals surface area contributed by atoms with Gasteiger partial charge in [-0.15, -0.1) is 11.3 Å². The molecule has 0 bridgehead atoms. The number of piperidine rings is 1. The molecule has 1 fully saturated rings. The molecule has 0 radical (unpaired) electrons. The van der Waals surface area contributed by atoms with Crippen molar-refractivity contribution >= 4 is 34.2 Å². The Kier molecular flexibility index (Phi) is 7.06. The number of amides is 3. The molecule has 0 saturated carbocycles. The number of thiazole rings is 1. The van der Waals surface area contributed by atoms with Crippen LogP contribution in [0.1, 0.15) is 25.0 Å². The molecule has 29 heavy (non-hydrogen) atoms. The first kappa shape index (κ1) is 20.6. The van der Waals surface area contributed by atoms with E-state index in [0.29, 0.717) is 44.0 Å². The minimum absolute atomic E-state index is 0.0315. The summed E-state index contributed by atoms with van der Waals surface area (Å²) in [5.74, 6) is -0.590. The van der Waals surface area contributed by atoms with Crippen LogP contribution in [0.15, 0.2) is 28.5 Å². The number of aromatic nitrogens is 3. The number of hydrogen-bond acceptors (Lipinski definition) is 7. The van der Waals surface area contributed by atoms with E-state index in [-0.39, 0.29) is 35.6 Å². The third kappa shape index (κ3) is 6.21. The summed E-state index contributed by atoms with van der Waals surface area (Å²) in [5.41, 5.74) is 0.507. The molecule has 1 unspecified atom stereocenters. The fourth-order valence-electron chi connectivity index (χ4n) is 2.83. The van der Waals surface area contributed by atoms with Gasteiger partial charge in [0.1, 0.15) is 0 Å². The van der Waals surface area contributed by atoms with Crippen LogP contribution in [-0.2, 0) is 27.3 Å². The van der Waals surface area contributed by atoms with Gasteiger partial charge in [0.05, 0.1) is 18.2 Å². The number of carbonyl (C=O) groups excluding carboxylic acids is 3. The van der Waals surface area contributed by atoms with Crippen molar-refractivity contribution in [3.8, 4) is 0 Å². The maximum atomic E-state index is 12.2. The quantitative estimate of drug-likeness (QED) is 0.548. The van der Waals surface area contributed by atoms with Crippen molar-refractivity contribution in [3.05, 3.63) is 39.8 Å². The van der Waals surface area contributed by atoms with E-state index >= 15 is 0 Å². The van der Waals surface area contributed by atoms with Crippen molar-refractivity contribution in [2.45, 2.75) is 32.2 Å². The van der Waals surface area contributed by atoms with E-state index in [2.05, 4.69) is 26.0 Å². The van der Waals surface area contributed by atoms with Crippen LogP contribution < -0.4 is 21.5 Å². The van der Waals surface area contributed by atoms with Gasteiger partial charge in [0.25, 0.3) is 5.56 Å². The lowest BCUT2D eigenvalue weighted by molar-refractivity contribution is -0.126. The lowest BCUT2D eigenvalue weighted by atomic mass is 9.98. The summed E-state index contributed by atoms with van der Waals surface area (Å²) >= 11 is 1.30. The zero-order valence-corrected chi connectivity index (χ0v) is 16.5. The van der Waals surface area contributed by atoms with Crippen LogP contribution >= 0.6 is 11.3 Å². The Morgan fingerprint density at radius 2 is 2.21 bits per heavy atom. The molecule has 2 aromatic heterocycles. The van der Waals surface area contributed by atoms with Crippen molar-refractivity contribution in [1.82, 2.24) is 25.4 Å². The molecule has 1 aliphatic heterocycles. The number of nitrogens with zero attached hydrogens (tertiary/aromatic N) is 3. The summed E-state index contributed by atoms with van der Waals surface area (Å²) < 4.78 is 1.29. The van der Waals surface area contributed by atoms with E-state index in [1.807, 2.05) is 0 Å². The highest BCUT2D eigenvalue weighted by Gasteiger charge is 2.25. The second-order valence-corrected chi connectivity index (χ2v) is 7.47. The van der Waals surface area contributed by atoms with Gasteiger partial charge >= 0.3 is 0 Å². The third-order valence-corrected chi connectivity index (χ3v) is 5.26.